The molecule has 0 atom stereocenters. The molecule has 1 aromatic rings. The van der Waals surface area contributed by atoms with Gasteiger partial charge in [-0.2, -0.15) is 0 Å². The van der Waals surface area contributed by atoms with Crippen molar-refractivity contribution in [2.75, 3.05) is 13.2 Å². The van der Waals surface area contributed by atoms with E-state index in [1.54, 1.807) is 6.92 Å². The van der Waals surface area contributed by atoms with Crippen LogP contribution in [0.2, 0.25) is 0 Å². The van der Waals surface area contributed by atoms with E-state index < -0.39 is 0 Å². The summed E-state index contributed by atoms with van der Waals surface area (Å²) in [5, 5.41) is 3.10. The van der Waals surface area contributed by atoms with Crippen LogP contribution < -0.4 is 5.32 Å². The summed E-state index contributed by atoms with van der Waals surface area (Å²) in [4.78, 5) is 25.4. The lowest BCUT2D eigenvalue weighted by atomic mass is 10.1. The van der Waals surface area contributed by atoms with E-state index in [4.69, 9.17) is 17.0 Å². The highest BCUT2D eigenvalue weighted by Gasteiger charge is 2.16. The Bertz CT molecular complexity index is 546. The lowest BCUT2D eigenvalue weighted by molar-refractivity contribution is -0.143. The van der Waals surface area contributed by atoms with Crippen LogP contribution in [0.4, 0.5) is 0 Å². The summed E-state index contributed by atoms with van der Waals surface area (Å²) >= 11 is 5.36. The number of carbonyl (C=O) groups excluding carboxylic acids is 2. The fourth-order valence-electron chi connectivity index (χ4n) is 2.14. The number of esters is 1. The lowest BCUT2D eigenvalue weighted by Gasteiger charge is -2.25. The first kappa shape index (κ1) is 20.1. The van der Waals surface area contributed by atoms with Crippen LogP contribution in [-0.4, -0.2) is 35.0 Å². The number of hydrogen-bond donors (Lipinski definition) is 1. The second-order valence-electron chi connectivity index (χ2n) is 5.91. The molecule has 6 heteroatoms. The quantitative estimate of drug-likeness (QED) is 0.577. The molecule has 0 fully saturated rings. The summed E-state index contributed by atoms with van der Waals surface area (Å²) in [6.07, 6.45) is 0.637. The van der Waals surface area contributed by atoms with Gasteiger partial charge in [-0.25, -0.2) is 0 Å². The molecule has 0 aliphatic heterocycles. The van der Waals surface area contributed by atoms with E-state index in [1.807, 2.05) is 49.1 Å². The topological polar surface area (TPSA) is 58.6 Å². The Balaban J connectivity index is 2.70. The van der Waals surface area contributed by atoms with Gasteiger partial charge in [0.2, 0.25) is 5.91 Å². The van der Waals surface area contributed by atoms with E-state index in [-0.39, 0.29) is 24.2 Å². The average molecular weight is 350 g/mol. The van der Waals surface area contributed by atoms with Gasteiger partial charge in [0.1, 0.15) is 0 Å². The first-order valence-corrected chi connectivity index (χ1v) is 8.61. The fourth-order valence-corrected chi connectivity index (χ4v) is 2.41. The Morgan fingerprint density at radius 2 is 1.92 bits per heavy atom. The standard InChI is InChI=1S/C18H26N2O3S/c1-4-23-17(22)10-11-20(13-15-8-6-5-7-9-15)18(24)19-16(21)12-14(2)3/h5-9,14H,4,10-13H2,1-3H3,(H,19,21,24). The maximum absolute atomic E-state index is 11.9. The van der Waals surface area contributed by atoms with Gasteiger partial charge < -0.3 is 15.0 Å². The molecule has 1 rings (SSSR count). The summed E-state index contributed by atoms with van der Waals surface area (Å²) in [5.74, 6) is -0.119. The minimum atomic E-state index is -0.271. The Hall–Kier alpha value is -1.95. The number of nitrogens with zero attached hydrogens (tertiary/aromatic N) is 1. The lowest BCUT2D eigenvalue weighted by Crippen LogP contribution is -2.43. The molecule has 1 N–H and O–H groups in total. The SMILES string of the molecule is CCOC(=O)CCN(Cc1ccccc1)C(=S)NC(=O)CC(C)C. The Morgan fingerprint density at radius 1 is 1.25 bits per heavy atom. The second kappa shape index (κ2) is 10.8. The predicted molar refractivity (Wildman–Crippen MR) is 98.3 cm³/mol. The molecule has 0 saturated carbocycles. The van der Waals surface area contributed by atoms with E-state index in [0.29, 0.717) is 31.2 Å². The van der Waals surface area contributed by atoms with Gasteiger partial charge in [0, 0.05) is 19.5 Å². The molecule has 0 unspecified atom stereocenters. The van der Waals surface area contributed by atoms with E-state index in [1.165, 1.54) is 0 Å². The van der Waals surface area contributed by atoms with Crippen LogP contribution in [0.5, 0.6) is 0 Å². The third-order valence-electron chi connectivity index (χ3n) is 3.23. The van der Waals surface area contributed by atoms with E-state index in [2.05, 4.69) is 5.32 Å². The molecule has 0 radical (unpaired) electrons. The summed E-state index contributed by atoms with van der Waals surface area (Å²) in [7, 11) is 0. The number of amides is 1. The summed E-state index contributed by atoms with van der Waals surface area (Å²) in [6.45, 7) is 7.01. The van der Waals surface area contributed by atoms with Crippen molar-refractivity contribution < 1.29 is 14.3 Å². The summed E-state index contributed by atoms with van der Waals surface area (Å²) in [5.41, 5.74) is 1.06. The molecule has 5 nitrogen and oxygen atoms in total. The highest BCUT2D eigenvalue weighted by atomic mass is 32.1. The highest BCUT2D eigenvalue weighted by Crippen LogP contribution is 2.07. The second-order valence-corrected chi connectivity index (χ2v) is 6.30. The van der Waals surface area contributed by atoms with Crippen molar-refractivity contribution in [1.82, 2.24) is 10.2 Å². The fraction of sp³-hybridized carbons (Fsp3) is 0.500. The Morgan fingerprint density at radius 3 is 2.50 bits per heavy atom. The molecular weight excluding hydrogens is 324 g/mol. The number of rotatable bonds is 8. The van der Waals surface area contributed by atoms with E-state index >= 15 is 0 Å². The van der Waals surface area contributed by atoms with Gasteiger partial charge in [-0.1, -0.05) is 44.2 Å². The molecule has 0 bridgehead atoms. The first-order chi connectivity index (χ1) is 11.4. The molecule has 0 aromatic heterocycles. The van der Waals surface area contributed by atoms with Gasteiger partial charge in [0.15, 0.2) is 5.11 Å². The van der Waals surface area contributed by atoms with Crippen LogP contribution in [0.15, 0.2) is 30.3 Å². The van der Waals surface area contributed by atoms with Crippen LogP contribution in [0, 0.1) is 5.92 Å². The molecule has 24 heavy (non-hydrogen) atoms. The Labute approximate surface area is 149 Å². The van der Waals surface area contributed by atoms with Crippen LogP contribution in [0.25, 0.3) is 0 Å². The van der Waals surface area contributed by atoms with Crippen LogP contribution in [0.1, 0.15) is 39.2 Å². The van der Waals surface area contributed by atoms with Crippen molar-refractivity contribution in [3.63, 3.8) is 0 Å². The molecule has 0 aliphatic rings. The number of nitrogens with one attached hydrogen (secondary N) is 1. The summed E-state index contributed by atoms with van der Waals surface area (Å²) < 4.78 is 4.96. The van der Waals surface area contributed by atoms with Crippen molar-refractivity contribution in [1.29, 1.82) is 0 Å². The van der Waals surface area contributed by atoms with Gasteiger partial charge in [-0.3, -0.25) is 9.59 Å². The summed E-state index contributed by atoms with van der Waals surface area (Å²) in [6, 6.07) is 9.79. The smallest absolute Gasteiger partial charge is 0.307 e. The van der Waals surface area contributed by atoms with Crippen LogP contribution in [0.3, 0.4) is 0 Å². The molecule has 0 aliphatic carbocycles. The molecule has 0 saturated heterocycles. The number of ether oxygens (including phenoxy) is 1. The number of carbonyl (C=O) groups is 2. The molecule has 0 heterocycles. The predicted octanol–water partition coefficient (Wildman–Crippen LogP) is 2.89. The molecule has 1 aromatic carbocycles. The largest absolute Gasteiger partial charge is 0.466 e. The van der Waals surface area contributed by atoms with Crippen LogP contribution >= 0.6 is 12.2 Å². The van der Waals surface area contributed by atoms with Gasteiger partial charge in [-0.15, -0.1) is 0 Å². The Kier molecular flexibility index (Phi) is 9.01. The zero-order valence-electron chi connectivity index (χ0n) is 14.6. The maximum atomic E-state index is 11.9. The maximum Gasteiger partial charge on any atom is 0.307 e. The van der Waals surface area contributed by atoms with Crippen molar-refractivity contribution >= 4 is 29.2 Å². The van der Waals surface area contributed by atoms with Gasteiger partial charge in [0.05, 0.1) is 13.0 Å². The molecule has 132 valence electrons. The van der Waals surface area contributed by atoms with E-state index in [9.17, 15) is 9.59 Å². The molecule has 0 spiro atoms. The normalized spacial score (nSPS) is 10.3. The number of hydrogen-bond acceptors (Lipinski definition) is 4. The van der Waals surface area contributed by atoms with Crippen LogP contribution in [-0.2, 0) is 20.9 Å². The minimum Gasteiger partial charge on any atom is -0.466 e. The van der Waals surface area contributed by atoms with Gasteiger partial charge >= 0.3 is 5.97 Å². The van der Waals surface area contributed by atoms with Crippen molar-refractivity contribution in [3.05, 3.63) is 35.9 Å². The third kappa shape index (κ3) is 8.06. The number of thiocarbonyl (C=S) groups is 1. The van der Waals surface area contributed by atoms with Crippen molar-refractivity contribution in [2.45, 2.75) is 40.2 Å². The number of benzene rings is 1. The zero-order chi connectivity index (χ0) is 17.9. The van der Waals surface area contributed by atoms with Crippen molar-refractivity contribution in [3.8, 4) is 0 Å². The molecule has 1 amide bonds. The van der Waals surface area contributed by atoms with Gasteiger partial charge in [0.25, 0.3) is 0 Å². The zero-order valence-corrected chi connectivity index (χ0v) is 15.4. The van der Waals surface area contributed by atoms with E-state index in [0.717, 1.165) is 5.56 Å². The van der Waals surface area contributed by atoms with Crippen molar-refractivity contribution in [2.24, 2.45) is 5.92 Å². The average Bonchev–Trinajstić information content (AvgIpc) is 2.51. The minimum absolute atomic E-state index is 0.107. The monoisotopic (exact) mass is 350 g/mol. The first-order valence-electron chi connectivity index (χ1n) is 8.20. The third-order valence-corrected chi connectivity index (χ3v) is 3.59. The molecular formula is C18H26N2O3S. The van der Waals surface area contributed by atoms with Gasteiger partial charge in [-0.05, 0) is 30.6 Å². The highest BCUT2D eigenvalue weighted by molar-refractivity contribution is 7.80.